The van der Waals surface area contributed by atoms with Crippen molar-refractivity contribution in [3.63, 3.8) is 0 Å². The third-order valence-electron chi connectivity index (χ3n) is 5.42. The summed E-state index contributed by atoms with van der Waals surface area (Å²) in [6.45, 7) is 4.14. The number of aryl methyl sites for hydroxylation is 1. The van der Waals surface area contributed by atoms with Crippen molar-refractivity contribution in [2.24, 2.45) is 17.8 Å². The van der Waals surface area contributed by atoms with Crippen LogP contribution >= 0.6 is 0 Å². The highest BCUT2D eigenvalue weighted by molar-refractivity contribution is 5.82. The normalized spacial score (nSPS) is 28.1. The zero-order valence-corrected chi connectivity index (χ0v) is 12.7. The van der Waals surface area contributed by atoms with Crippen LogP contribution in [0.1, 0.15) is 36.8 Å². The van der Waals surface area contributed by atoms with Crippen molar-refractivity contribution in [1.29, 1.82) is 0 Å². The van der Waals surface area contributed by atoms with Crippen LogP contribution in [0.2, 0.25) is 0 Å². The van der Waals surface area contributed by atoms with Crippen LogP contribution in [-0.2, 0) is 11.3 Å². The molecule has 0 N–H and O–H groups in total. The number of rotatable bonds is 2. The maximum atomic E-state index is 12.7. The highest BCUT2D eigenvalue weighted by atomic mass is 16.5. The van der Waals surface area contributed by atoms with Crippen LogP contribution in [0, 0.1) is 24.7 Å². The molecular formula is C18H23NO2. The molecule has 1 aromatic rings. The average molecular weight is 285 g/mol. The maximum Gasteiger partial charge on any atom is 0.226 e. The number of carbonyl (C=O) groups excluding carboxylic acids is 1. The van der Waals surface area contributed by atoms with Gasteiger partial charge in [-0.1, -0.05) is 37.0 Å². The summed E-state index contributed by atoms with van der Waals surface area (Å²) < 4.78 is 5.80. The summed E-state index contributed by atoms with van der Waals surface area (Å²) in [5, 5.41) is 0. The summed E-state index contributed by atoms with van der Waals surface area (Å²) in [5.74, 6) is 3.15. The Balaban J connectivity index is 1.47. The van der Waals surface area contributed by atoms with Crippen LogP contribution in [0.5, 0.6) is 5.75 Å². The van der Waals surface area contributed by atoms with Crippen molar-refractivity contribution in [1.82, 2.24) is 4.90 Å². The van der Waals surface area contributed by atoms with Crippen LogP contribution in [0.4, 0.5) is 0 Å². The molecule has 1 heterocycles. The van der Waals surface area contributed by atoms with E-state index in [2.05, 4.69) is 19.1 Å². The summed E-state index contributed by atoms with van der Waals surface area (Å²) in [4.78, 5) is 14.8. The minimum Gasteiger partial charge on any atom is -0.491 e. The molecule has 3 heteroatoms. The molecule has 0 bridgehead atoms. The highest BCUT2D eigenvalue weighted by Crippen LogP contribution is 2.52. The first-order valence-corrected chi connectivity index (χ1v) is 8.23. The highest BCUT2D eigenvalue weighted by Gasteiger charge is 2.50. The van der Waals surface area contributed by atoms with Gasteiger partial charge in [-0.25, -0.2) is 0 Å². The van der Waals surface area contributed by atoms with E-state index >= 15 is 0 Å². The molecule has 1 amide bonds. The van der Waals surface area contributed by atoms with Gasteiger partial charge in [0.25, 0.3) is 0 Å². The molecule has 21 heavy (non-hydrogen) atoms. The van der Waals surface area contributed by atoms with Gasteiger partial charge in [0.15, 0.2) is 0 Å². The predicted molar refractivity (Wildman–Crippen MR) is 81.0 cm³/mol. The Hall–Kier alpha value is -1.51. The van der Waals surface area contributed by atoms with Gasteiger partial charge in [0, 0.05) is 18.0 Å². The fourth-order valence-electron chi connectivity index (χ4n) is 3.83. The van der Waals surface area contributed by atoms with Crippen LogP contribution in [0.3, 0.4) is 0 Å². The van der Waals surface area contributed by atoms with E-state index in [-0.39, 0.29) is 0 Å². The SMILES string of the molecule is Cc1ccc2c(c1)CN(C(=O)[C@@H]1C[C@H]1C1CCC1)CCO2. The van der Waals surface area contributed by atoms with Gasteiger partial charge in [-0.2, -0.15) is 0 Å². The molecule has 0 unspecified atom stereocenters. The van der Waals surface area contributed by atoms with Crippen molar-refractivity contribution in [2.45, 2.75) is 39.2 Å². The third-order valence-corrected chi connectivity index (χ3v) is 5.42. The smallest absolute Gasteiger partial charge is 0.226 e. The molecule has 0 radical (unpaired) electrons. The molecule has 2 saturated carbocycles. The van der Waals surface area contributed by atoms with Gasteiger partial charge in [-0.05, 0) is 31.2 Å². The summed E-state index contributed by atoms with van der Waals surface area (Å²) >= 11 is 0. The largest absolute Gasteiger partial charge is 0.491 e. The standard InChI is InChI=1S/C18H23NO2/c1-12-5-6-17-14(9-12)11-19(7-8-21-17)18(20)16-10-15(16)13-3-2-4-13/h5-6,9,13,15-16H,2-4,7-8,10-11H2,1H3/t15-,16+/m0/s1. The van der Waals surface area contributed by atoms with Crippen molar-refractivity contribution < 1.29 is 9.53 Å². The monoisotopic (exact) mass is 285 g/mol. The lowest BCUT2D eigenvalue weighted by atomic mass is 9.81. The third kappa shape index (κ3) is 2.43. The molecular weight excluding hydrogens is 262 g/mol. The number of benzene rings is 1. The minimum absolute atomic E-state index is 0.307. The van der Waals surface area contributed by atoms with E-state index in [1.807, 2.05) is 11.0 Å². The first kappa shape index (κ1) is 13.2. The zero-order chi connectivity index (χ0) is 14.4. The molecule has 0 spiro atoms. The number of hydrogen-bond donors (Lipinski definition) is 0. The van der Waals surface area contributed by atoms with Crippen molar-refractivity contribution in [3.05, 3.63) is 29.3 Å². The van der Waals surface area contributed by atoms with Gasteiger partial charge < -0.3 is 9.64 Å². The molecule has 1 aliphatic heterocycles. The Morgan fingerprint density at radius 1 is 1.33 bits per heavy atom. The first-order chi connectivity index (χ1) is 10.2. The Bertz CT molecular complexity index is 564. The fraction of sp³-hybridized carbons (Fsp3) is 0.611. The number of amides is 1. The van der Waals surface area contributed by atoms with E-state index in [0.717, 1.165) is 30.2 Å². The van der Waals surface area contributed by atoms with E-state index in [4.69, 9.17) is 4.74 Å². The van der Waals surface area contributed by atoms with E-state index < -0.39 is 0 Å². The first-order valence-electron chi connectivity index (χ1n) is 8.23. The average Bonchev–Trinajstić information content (AvgIpc) is 3.18. The second kappa shape index (κ2) is 5.04. The fourth-order valence-corrected chi connectivity index (χ4v) is 3.83. The number of hydrogen-bond acceptors (Lipinski definition) is 2. The zero-order valence-electron chi connectivity index (χ0n) is 12.7. The minimum atomic E-state index is 0.307. The van der Waals surface area contributed by atoms with Crippen LogP contribution in [0.25, 0.3) is 0 Å². The number of ether oxygens (including phenoxy) is 1. The van der Waals surface area contributed by atoms with E-state index in [1.165, 1.54) is 24.8 Å². The Labute approximate surface area is 126 Å². The van der Waals surface area contributed by atoms with Gasteiger partial charge in [0.2, 0.25) is 5.91 Å². The second-order valence-corrected chi connectivity index (χ2v) is 6.92. The lowest BCUT2D eigenvalue weighted by molar-refractivity contribution is -0.134. The lowest BCUT2D eigenvalue weighted by Crippen LogP contribution is -2.34. The molecule has 3 nitrogen and oxygen atoms in total. The Kier molecular flexibility index (Phi) is 3.16. The molecule has 0 saturated heterocycles. The summed E-state index contributed by atoms with van der Waals surface area (Å²) in [7, 11) is 0. The molecule has 2 aliphatic carbocycles. The molecule has 0 aromatic heterocycles. The second-order valence-electron chi connectivity index (χ2n) is 6.92. The summed E-state index contributed by atoms with van der Waals surface area (Å²) in [6, 6.07) is 6.26. The molecule has 3 aliphatic rings. The van der Waals surface area contributed by atoms with E-state index in [1.54, 1.807) is 0 Å². The van der Waals surface area contributed by atoms with Gasteiger partial charge in [0.05, 0.1) is 6.54 Å². The van der Waals surface area contributed by atoms with Crippen molar-refractivity contribution in [3.8, 4) is 5.75 Å². The Morgan fingerprint density at radius 2 is 2.19 bits per heavy atom. The van der Waals surface area contributed by atoms with Crippen molar-refractivity contribution in [2.75, 3.05) is 13.2 Å². The van der Waals surface area contributed by atoms with Crippen LogP contribution in [0.15, 0.2) is 18.2 Å². The van der Waals surface area contributed by atoms with Gasteiger partial charge in [0.1, 0.15) is 12.4 Å². The van der Waals surface area contributed by atoms with Crippen LogP contribution in [-0.4, -0.2) is 24.0 Å². The maximum absolute atomic E-state index is 12.7. The summed E-state index contributed by atoms with van der Waals surface area (Å²) in [5.41, 5.74) is 2.38. The summed E-state index contributed by atoms with van der Waals surface area (Å²) in [6.07, 6.45) is 5.19. The van der Waals surface area contributed by atoms with Crippen molar-refractivity contribution >= 4 is 5.91 Å². The topological polar surface area (TPSA) is 29.5 Å². The molecule has 1 aromatic carbocycles. The number of nitrogens with zero attached hydrogens (tertiary/aromatic N) is 1. The Morgan fingerprint density at radius 3 is 2.95 bits per heavy atom. The molecule has 2 fully saturated rings. The van der Waals surface area contributed by atoms with Gasteiger partial charge >= 0.3 is 0 Å². The van der Waals surface area contributed by atoms with Gasteiger partial charge in [-0.15, -0.1) is 0 Å². The lowest BCUT2D eigenvalue weighted by Gasteiger charge is -2.26. The quantitative estimate of drug-likeness (QED) is 0.835. The van der Waals surface area contributed by atoms with Gasteiger partial charge in [-0.3, -0.25) is 4.79 Å². The molecule has 4 rings (SSSR count). The van der Waals surface area contributed by atoms with E-state index in [0.29, 0.717) is 30.9 Å². The van der Waals surface area contributed by atoms with Crippen LogP contribution < -0.4 is 4.74 Å². The number of carbonyl (C=O) groups is 1. The molecule has 2 atom stereocenters. The van der Waals surface area contributed by atoms with E-state index in [9.17, 15) is 4.79 Å². The number of fused-ring (bicyclic) bond motifs is 1. The molecule has 112 valence electrons. The predicted octanol–water partition coefficient (Wildman–Crippen LogP) is 3.15.